The number of fused-ring (bicyclic) bond motifs is 1. The number of nitrogens with zero attached hydrogens (tertiary/aromatic N) is 2. The number of amides is 1. The number of hydrogen-bond donors (Lipinski definition) is 1. The standard InChI is InChI=1S/C21H19N3O4/c25-20(15-8-9-17-18(11-15)27-12-26-17)22-16-7-3-6-14(10-16)19-23-21(28-24-19)13-4-1-2-5-13/h3,6-11,13H,1-2,4-5,12H2,(H,22,25). The number of rotatable bonds is 4. The van der Waals surface area contributed by atoms with Crippen molar-refractivity contribution in [3.05, 3.63) is 53.9 Å². The molecule has 142 valence electrons. The van der Waals surface area contributed by atoms with Crippen LogP contribution in [0.25, 0.3) is 11.4 Å². The van der Waals surface area contributed by atoms with Crippen LogP contribution in [0, 0.1) is 0 Å². The molecule has 2 aliphatic rings. The van der Waals surface area contributed by atoms with Gasteiger partial charge in [0, 0.05) is 22.7 Å². The summed E-state index contributed by atoms with van der Waals surface area (Å²) in [5, 5.41) is 7.02. The molecule has 0 bridgehead atoms. The second kappa shape index (κ2) is 6.99. The van der Waals surface area contributed by atoms with E-state index in [0.29, 0.717) is 40.4 Å². The number of carbonyl (C=O) groups excluding carboxylic acids is 1. The lowest BCUT2D eigenvalue weighted by Gasteiger charge is -2.07. The first-order chi connectivity index (χ1) is 13.8. The number of carbonyl (C=O) groups is 1. The second-order valence-electron chi connectivity index (χ2n) is 7.04. The van der Waals surface area contributed by atoms with E-state index in [-0.39, 0.29) is 12.7 Å². The molecule has 0 unspecified atom stereocenters. The summed E-state index contributed by atoms with van der Waals surface area (Å²) in [6.45, 7) is 0.177. The van der Waals surface area contributed by atoms with E-state index in [0.717, 1.165) is 18.4 Å². The van der Waals surface area contributed by atoms with Crippen molar-refractivity contribution < 1.29 is 18.8 Å². The van der Waals surface area contributed by atoms with Gasteiger partial charge in [0.1, 0.15) is 0 Å². The van der Waals surface area contributed by atoms with Gasteiger partial charge in [-0.3, -0.25) is 4.79 Å². The summed E-state index contributed by atoms with van der Waals surface area (Å²) in [7, 11) is 0. The van der Waals surface area contributed by atoms with Crippen LogP contribution in [0.2, 0.25) is 0 Å². The van der Waals surface area contributed by atoms with Gasteiger partial charge in [-0.05, 0) is 43.2 Å². The van der Waals surface area contributed by atoms with Crippen molar-refractivity contribution in [3.63, 3.8) is 0 Å². The van der Waals surface area contributed by atoms with Crippen LogP contribution in [0.15, 0.2) is 47.0 Å². The molecule has 28 heavy (non-hydrogen) atoms. The fraction of sp³-hybridized carbons (Fsp3) is 0.286. The molecule has 1 aliphatic carbocycles. The van der Waals surface area contributed by atoms with E-state index >= 15 is 0 Å². The predicted molar refractivity (Wildman–Crippen MR) is 101 cm³/mol. The summed E-state index contributed by atoms with van der Waals surface area (Å²) < 4.78 is 16.1. The first-order valence-corrected chi connectivity index (χ1v) is 9.41. The van der Waals surface area contributed by atoms with Crippen LogP contribution in [-0.2, 0) is 0 Å². The monoisotopic (exact) mass is 377 g/mol. The molecule has 2 heterocycles. The van der Waals surface area contributed by atoms with E-state index in [9.17, 15) is 4.79 Å². The molecule has 3 aromatic rings. The molecule has 1 N–H and O–H groups in total. The van der Waals surface area contributed by atoms with Crippen LogP contribution in [0.5, 0.6) is 11.5 Å². The zero-order valence-corrected chi connectivity index (χ0v) is 15.2. The van der Waals surface area contributed by atoms with Crippen molar-refractivity contribution in [1.82, 2.24) is 10.1 Å². The second-order valence-corrected chi connectivity index (χ2v) is 7.04. The molecule has 7 heteroatoms. The number of aromatic nitrogens is 2. The zero-order valence-electron chi connectivity index (χ0n) is 15.2. The third kappa shape index (κ3) is 3.19. The maximum Gasteiger partial charge on any atom is 0.255 e. The minimum atomic E-state index is -0.227. The summed E-state index contributed by atoms with van der Waals surface area (Å²) >= 11 is 0. The molecular formula is C21H19N3O4. The van der Waals surface area contributed by atoms with E-state index < -0.39 is 0 Å². The number of benzene rings is 2. The lowest BCUT2D eigenvalue weighted by molar-refractivity contribution is 0.102. The summed E-state index contributed by atoms with van der Waals surface area (Å²) in [4.78, 5) is 17.1. The van der Waals surface area contributed by atoms with Crippen LogP contribution >= 0.6 is 0 Å². The molecule has 7 nitrogen and oxygen atoms in total. The molecule has 1 aliphatic heterocycles. The highest BCUT2D eigenvalue weighted by Gasteiger charge is 2.23. The largest absolute Gasteiger partial charge is 0.454 e. The third-order valence-electron chi connectivity index (χ3n) is 5.16. The van der Waals surface area contributed by atoms with Crippen LogP contribution in [-0.4, -0.2) is 22.8 Å². The molecule has 1 amide bonds. The summed E-state index contributed by atoms with van der Waals surface area (Å²) in [5.41, 5.74) is 1.96. The van der Waals surface area contributed by atoms with Crippen molar-refractivity contribution in [1.29, 1.82) is 0 Å². The highest BCUT2D eigenvalue weighted by Crippen LogP contribution is 2.34. The molecular weight excluding hydrogens is 358 g/mol. The molecule has 0 radical (unpaired) electrons. The van der Waals surface area contributed by atoms with Crippen molar-refractivity contribution in [2.24, 2.45) is 0 Å². The molecule has 1 aromatic heterocycles. The van der Waals surface area contributed by atoms with Gasteiger partial charge in [-0.1, -0.05) is 30.1 Å². The quantitative estimate of drug-likeness (QED) is 0.726. The molecule has 1 fully saturated rings. The minimum absolute atomic E-state index is 0.177. The van der Waals surface area contributed by atoms with Crippen molar-refractivity contribution >= 4 is 11.6 Å². The van der Waals surface area contributed by atoms with E-state index in [1.165, 1.54) is 12.8 Å². The van der Waals surface area contributed by atoms with Gasteiger partial charge in [0.05, 0.1) is 0 Å². The van der Waals surface area contributed by atoms with E-state index in [1.807, 2.05) is 24.3 Å². The maximum atomic E-state index is 12.6. The fourth-order valence-electron chi connectivity index (χ4n) is 3.67. The number of anilines is 1. The zero-order chi connectivity index (χ0) is 18.9. The van der Waals surface area contributed by atoms with Crippen molar-refractivity contribution in [3.8, 4) is 22.9 Å². The average molecular weight is 377 g/mol. The summed E-state index contributed by atoms with van der Waals surface area (Å²) in [5.74, 6) is 2.62. The molecule has 2 aromatic carbocycles. The molecule has 5 rings (SSSR count). The van der Waals surface area contributed by atoms with Crippen molar-refractivity contribution in [2.45, 2.75) is 31.6 Å². The lowest BCUT2D eigenvalue weighted by Crippen LogP contribution is -2.11. The maximum absolute atomic E-state index is 12.6. The number of hydrogen-bond acceptors (Lipinski definition) is 6. The van der Waals surface area contributed by atoms with E-state index in [4.69, 9.17) is 14.0 Å². The Labute approximate surface area is 161 Å². The van der Waals surface area contributed by atoms with E-state index in [1.54, 1.807) is 18.2 Å². The molecule has 0 atom stereocenters. The Hall–Kier alpha value is -3.35. The van der Waals surface area contributed by atoms with Gasteiger partial charge in [-0.25, -0.2) is 0 Å². The Morgan fingerprint density at radius 3 is 2.79 bits per heavy atom. The highest BCUT2D eigenvalue weighted by atomic mass is 16.7. The van der Waals surface area contributed by atoms with Crippen LogP contribution in [0.1, 0.15) is 47.8 Å². The smallest absolute Gasteiger partial charge is 0.255 e. The van der Waals surface area contributed by atoms with Gasteiger partial charge < -0.3 is 19.3 Å². The van der Waals surface area contributed by atoms with Gasteiger partial charge in [-0.15, -0.1) is 0 Å². The predicted octanol–water partition coefficient (Wildman–Crippen LogP) is 4.38. The normalized spacial score (nSPS) is 15.7. The first kappa shape index (κ1) is 16.8. The van der Waals surface area contributed by atoms with E-state index in [2.05, 4.69) is 15.5 Å². The van der Waals surface area contributed by atoms with Crippen molar-refractivity contribution in [2.75, 3.05) is 12.1 Å². The summed E-state index contributed by atoms with van der Waals surface area (Å²) in [6, 6.07) is 12.5. The van der Waals surface area contributed by atoms with Gasteiger partial charge in [0.15, 0.2) is 11.5 Å². The van der Waals surface area contributed by atoms with Gasteiger partial charge in [0.2, 0.25) is 18.5 Å². The highest BCUT2D eigenvalue weighted by molar-refractivity contribution is 6.04. The Bertz CT molecular complexity index is 1020. The van der Waals surface area contributed by atoms with Gasteiger partial charge >= 0.3 is 0 Å². The Kier molecular flexibility index (Phi) is 4.20. The third-order valence-corrected chi connectivity index (χ3v) is 5.16. The van der Waals surface area contributed by atoms with Crippen LogP contribution in [0.4, 0.5) is 5.69 Å². The molecule has 0 saturated heterocycles. The van der Waals surface area contributed by atoms with Gasteiger partial charge in [-0.2, -0.15) is 4.98 Å². The Morgan fingerprint density at radius 1 is 1.04 bits per heavy atom. The first-order valence-electron chi connectivity index (χ1n) is 9.41. The number of nitrogens with one attached hydrogen (secondary N) is 1. The topological polar surface area (TPSA) is 86.5 Å². The fourth-order valence-corrected chi connectivity index (χ4v) is 3.67. The molecule has 1 saturated carbocycles. The van der Waals surface area contributed by atoms with Crippen LogP contribution < -0.4 is 14.8 Å². The average Bonchev–Trinajstić information content (AvgIpc) is 3.48. The minimum Gasteiger partial charge on any atom is -0.454 e. The summed E-state index contributed by atoms with van der Waals surface area (Å²) in [6.07, 6.45) is 4.63. The van der Waals surface area contributed by atoms with Crippen LogP contribution in [0.3, 0.4) is 0 Å². The SMILES string of the molecule is O=C(Nc1cccc(-c2noc(C3CCCC3)n2)c1)c1ccc2c(c1)OCO2. The van der Waals surface area contributed by atoms with Gasteiger partial charge in [0.25, 0.3) is 5.91 Å². The Balaban J connectivity index is 1.33. The number of ether oxygens (including phenoxy) is 2. The molecule has 0 spiro atoms. The lowest BCUT2D eigenvalue weighted by atomic mass is 10.1. The Morgan fingerprint density at radius 2 is 1.89 bits per heavy atom.